The van der Waals surface area contributed by atoms with Crippen LogP contribution in [-0.2, 0) is 10.2 Å². The summed E-state index contributed by atoms with van der Waals surface area (Å²) in [6.45, 7) is 2.09. The predicted molar refractivity (Wildman–Crippen MR) is 65.2 cm³/mol. The molecule has 16 heavy (non-hydrogen) atoms. The Hall–Kier alpha value is -0.170. The van der Waals surface area contributed by atoms with Gasteiger partial charge < -0.3 is 5.73 Å². The fourth-order valence-electron chi connectivity index (χ4n) is 2.03. The number of nitrogens with two attached hydrogens (primary N) is 1. The van der Waals surface area contributed by atoms with Crippen LogP contribution in [0.4, 0.5) is 0 Å². The van der Waals surface area contributed by atoms with Crippen molar-refractivity contribution in [2.75, 3.05) is 13.6 Å². The summed E-state index contributed by atoms with van der Waals surface area (Å²) in [6.07, 6.45) is 5.40. The fraction of sp³-hybridized carbons (Fsp3) is 1.00. The first-order valence-corrected chi connectivity index (χ1v) is 7.36. The molecule has 96 valence electrons. The minimum absolute atomic E-state index is 0.149. The van der Waals surface area contributed by atoms with Crippen molar-refractivity contribution >= 4 is 10.2 Å². The van der Waals surface area contributed by atoms with Crippen LogP contribution in [0.15, 0.2) is 0 Å². The van der Waals surface area contributed by atoms with Crippen molar-refractivity contribution < 1.29 is 8.42 Å². The molecule has 1 saturated carbocycles. The summed E-state index contributed by atoms with van der Waals surface area (Å²) >= 11 is 0. The highest BCUT2D eigenvalue weighted by Gasteiger charge is 2.28. The maximum absolute atomic E-state index is 12.0. The molecule has 0 aliphatic heterocycles. The maximum Gasteiger partial charge on any atom is 0.279 e. The minimum atomic E-state index is -3.37. The highest BCUT2D eigenvalue weighted by atomic mass is 32.2. The number of nitrogens with one attached hydrogen (secondary N) is 1. The van der Waals surface area contributed by atoms with Gasteiger partial charge in [0.25, 0.3) is 10.2 Å². The molecule has 0 radical (unpaired) electrons. The van der Waals surface area contributed by atoms with Crippen molar-refractivity contribution in [2.45, 2.75) is 51.1 Å². The zero-order valence-corrected chi connectivity index (χ0v) is 11.0. The molecule has 6 heteroatoms. The van der Waals surface area contributed by atoms with E-state index in [2.05, 4.69) is 4.72 Å². The Bertz CT molecular complexity index is 299. The molecule has 0 spiro atoms. The fourth-order valence-corrected chi connectivity index (χ4v) is 3.40. The van der Waals surface area contributed by atoms with Crippen LogP contribution in [0, 0.1) is 0 Å². The van der Waals surface area contributed by atoms with E-state index in [-0.39, 0.29) is 12.1 Å². The van der Waals surface area contributed by atoms with E-state index < -0.39 is 10.2 Å². The Morgan fingerprint density at radius 1 is 1.38 bits per heavy atom. The van der Waals surface area contributed by atoms with Crippen LogP contribution in [0.1, 0.15) is 39.0 Å². The van der Waals surface area contributed by atoms with Crippen LogP contribution in [0.5, 0.6) is 0 Å². The van der Waals surface area contributed by atoms with Crippen LogP contribution in [0.25, 0.3) is 0 Å². The lowest BCUT2D eigenvalue weighted by Crippen LogP contribution is -2.49. The van der Waals surface area contributed by atoms with E-state index >= 15 is 0 Å². The van der Waals surface area contributed by atoms with Crippen LogP contribution in [-0.4, -0.2) is 38.4 Å². The summed E-state index contributed by atoms with van der Waals surface area (Å²) in [7, 11) is -1.71. The van der Waals surface area contributed by atoms with Gasteiger partial charge in [-0.15, -0.1) is 0 Å². The van der Waals surface area contributed by atoms with Gasteiger partial charge in [0, 0.05) is 25.7 Å². The Balaban J connectivity index is 2.59. The predicted octanol–water partition coefficient (Wildman–Crippen LogP) is 0.433. The largest absolute Gasteiger partial charge is 0.329 e. The highest BCUT2D eigenvalue weighted by Crippen LogP contribution is 2.22. The molecule has 1 aliphatic carbocycles. The topological polar surface area (TPSA) is 75.4 Å². The molecule has 5 nitrogen and oxygen atoms in total. The molecule has 0 bridgehead atoms. The summed E-state index contributed by atoms with van der Waals surface area (Å²) in [5.41, 5.74) is 5.41. The van der Waals surface area contributed by atoms with Gasteiger partial charge in [-0.25, -0.2) is 0 Å². The molecule has 1 rings (SSSR count). The standard InChI is InChI=1S/C10H23N3O2S/c1-9(8-11)12-16(14,15)13(2)10-6-4-3-5-7-10/h9-10,12H,3-8,11H2,1-2H3/t9-/m1/s1. The summed E-state index contributed by atoms with van der Waals surface area (Å²) in [6, 6.07) is -0.0627. The lowest BCUT2D eigenvalue weighted by atomic mass is 9.96. The average Bonchev–Trinajstić information content (AvgIpc) is 2.28. The third-order valence-electron chi connectivity index (χ3n) is 3.17. The van der Waals surface area contributed by atoms with Crippen molar-refractivity contribution in [2.24, 2.45) is 5.73 Å². The summed E-state index contributed by atoms with van der Waals surface area (Å²) in [4.78, 5) is 0. The van der Waals surface area contributed by atoms with Crippen molar-refractivity contribution in [1.82, 2.24) is 9.03 Å². The van der Waals surface area contributed by atoms with E-state index in [1.165, 1.54) is 10.7 Å². The Morgan fingerprint density at radius 2 is 1.94 bits per heavy atom. The molecule has 1 fully saturated rings. The molecule has 0 unspecified atom stereocenters. The average molecular weight is 249 g/mol. The van der Waals surface area contributed by atoms with E-state index in [1.54, 1.807) is 14.0 Å². The van der Waals surface area contributed by atoms with Crippen LogP contribution in [0.3, 0.4) is 0 Å². The Labute approximate surface area is 98.6 Å². The van der Waals surface area contributed by atoms with Crippen molar-refractivity contribution in [3.63, 3.8) is 0 Å². The van der Waals surface area contributed by atoms with Gasteiger partial charge in [0.1, 0.15) is 0 Å². The second-order valence-corrected chi connectivity index (χ2v) is 6.33. The van der Waals surface area contributed by atoms with Gasteiger partial charge in [-0.1, -0.05) is 19.3 Å². The number of hydrogen-bond donors (Lipinski definition) is 2. The summed E-state index contributed by atoms with van der Waals surface area (Å²) in [5, 5.41) is 0. The van der Waals surface area contributed by atoms with Gasteiger partial charge in [-0.3, -0.25) is 0 Å². The molecule has 0 aromatic carbocycles. The molecule has 3 N–H and O–H groups in total. The number of hydrogen-bond acceptors (Lipinski definition) is 3. The maximum atomic E-state index is 12.0. The minimum Gasteiger partial charge on any atom is -0.329 e. The van der Waals surface area contributed by atoms with Crippen molar-refractivity contribution in [3.05, 3.63) is 0 Å². The molecule has 0 aromatic heterocycles. The smallest absolute Gasteiger partial charge is 0.279 e. The van der Waals surface area contributed by atoms with E-state index in [0.717, 1.165) is 25.7 Å². The van der Waals surface area contributed by atoms with Gasteiger partial charge >= 0.3 is 0 Å². The van der Waals surface area contributed by atoms with Gasteiger partial charge in [0.2, 0.25) is 0 Å². The number of nitrogens with zero attached hydrogens (tertiary/aromatic N) is 1. The van der Waals surface area contributed by atoms with E-state index in [1.807, 2.05) is 0 Å². The lowest BCUT2D eigenvalue weighted by molar-refractivity contribution is 0.282. The summed E-state index contributed by atoms with van der Waals surface area (Å²) < 4.78 is 28.0. The van der Waals surface area contributed by atoms with Gasteiger partial charge in [-0.05, 0) is 19.8 Å². The van der Waals surface area contributed by atoms with Crippen molar-refractivity contribution in [1.29, 1.82) is 0 Å². The molecule has 0 amide bonds. The zero-order chi connectivity index (χ0) is 12.2. The molecule has 1 atom stereocenters. The van der Waals surface area contributed by atoms with E-state index in [9.17, 15) is 8.42 Å². The third kappa shape index (κ3) is 3.69. The van der Waals surface area contributed by atoms with E-state index in [4.69, 9.17) is 5.73 Å². The first kappa shape index (κ1) is 13.9. The Morgan fingerprint density at radius 3 is 2.44 bits per heavy atom. The molecule has 0 saturated heterocycles. The monoisotopic (exact) mass is 249 g/mol. The quantitative estimate of drug-likeness (QED) is 0.742. The second kappa shape index (κ2) is 5.95. The molecule has 0 aromatic rings. The zero-order valence-electron chi connectivity index (χ0n) is 10.1. The third-order valence-corrected chi connectivity index (χ3v) is 4.93. The van der Waals surface area contributed by atoms with E-state index in [0.29, 0.717) is 6.54 Å². The lowest BCUT2D eigenvalue weighted by Gasteiger charge is -2.31. The van der Waals surface area contributed by atoms with Crippen LogP contribution >= 0.6 is 0 Å². The first-order chi connectivity index (χ1) is 7.47. The normalized spacial score (nSPS) is 21.2. The molecular weight excluding hydrogens is 226 g/mol. The van der Waals surface area contributed by atoms with Crippen molar-refractivity contribution in [3.8, 4) is 0 Å². The Kier molecular flexibility index (Phi) is 5.17. The SMILES string of the molecule is C[C@H](CN)NS(=O)(=O)N(C)C1CCCCC1. The van der Waals surface area contributed by atoms with Gasteiger partial charge in [0.05, 0.1) is 0 Å². The van der Waals surface area contributed by atoms with Crippen LogP contribution < -0.4 is 10.5 Å². The van der Waals surface area contributed by atoms with Crippen LogP contribution in [0.2, 0.25) is 0 Å². The van der Waals surface area contributed by atoms with Gasteiger partial charge in [0.15, 0.2) is 0 Å². The first-order valence-electron chi connectivity index (χ1n) is 5.92. The highest BCUT2D eigenvalue weighted by molar-refractivity contribution is 7.87. The summed E-state index contributed by atoms with van der Waals surface area (Å²) in [5.74, 6) is 0. The molecular formula is C10H23N3O2S. The number of rotatable bonds is 5. The van der Waals surface area contributed by atoms with Gasteiger partial charge in [-0.2, -0.15) is 17.4 Å². The second-order valence-electron chi connectivity index (χ2n) is 4.57. The molecule has 1 aliphatic rings. The molecule has 0 heterocycles.